The third-order valence-electron chi connectivity index (χ3n) is 2.45. The van der Waals surface area contributed by atoms with Gasteiger partial charge in [-0.3, -0.25) is 4.79 Å². The van der Waals surface area contributed by atoms with Gasteiger partial charge in [-0.15, -0.1) is 0 Å². The molecule has 100 valence electrons. The van der Waals surface area contributed by atoms with E-state index in [0.29, 0.717) is 23.5 Å². The molecule has 0 saturated heterocycles. The van der Waals surface area contributed by atoms with Gasteiger partial charge in [0.25, 0.3) is 12.3 Å². The maximum atomic E-state index is 12.3. The third-order valence-corrected chi connectivity index (χ3v) is 2.45. The molecule has 3 N–H and O–H groups in total. The van der Waals surface area contributed by atoms with Crippen molar-refractivity contribution in [2.75, 3.05) is 30.8 Å². The molecule has 1 aromatic rings. The summed E-state index contributed by atoms with van der Waals surface area (Å²) in [5.74, 6) is -0.246. The van der Waals surface area contributed by atoms with Crippen molar-refractivity contribution in [2.45, 2.75) is 13.3 Å². The largest absolute Gasteiger partial charge is 0.397 e. The molecule has 0 heterocycles. The molecule has 0 fully saturated rings. The Morgan fingerprint density at radius 2 is 2.17 bits per heavy atom. The van der Waals surface area contributed by atoms with Gasteiger partial charge in [-0.2, -0.15) is 0 Å². The van der Waals surface area contributed by atoms with Crippen LogP contribution in [0.5, 0.6) is 0 Å². The van der Waals surface area contributed by atoms with Crippen LogP contribution in [0.25, 0.3) is 0 Å². The van der Waals surface area contributed by atoms with Crippen LogP contribution < -0.4 is 16.0 Å². The lowest BCUT2D eigenvalue weighted by atomic mass is 10.1. The van der Waals surface area contributed by atoms with Crippen LogP contribution >= 0.6 is 0 Å². The molecule has 0 spiro atoms. The summed E-state index contributed by atoms with van der Waals surface area (Å²) in [5, 5.41) is 2.64. The van der Waals surface area contributed by atoms with E-state index in [9.17, 15) is 13.6 Å². The number of nitrogen functional groups attached to an aromatic ring is 1. The van der Waals surface area contributed by atoms with Crippen molar-refractivity contribution in [3.63, 3.8) is 0 Å². The fraction of sp³-hybridized carbons (Fsp3) is 0.417. The fourth-order valence-corrected chi connectivity index (χ4v) is 1.58. The highest BCUT2D eigenvalue weighted by Crippen LogP contribution is 2.24. The number of nitrogens with one attached hydrogen (secondary N) is 1. The number of nitrogens with two attached hydrogens (primary N) is 1. The van der Waals surface area contributed by atoms with Gasteiger partial charge in [0, 0.05) is 19.2 Å². The van der Waals surface area contributed by atoms with Crippen molar-refractivity contribution in [3.8, 4) is 0 Å². The molecule has 0 aliphatic carbocycles. The molecule has 0 atom stereocenters. The summed E-state index contributed by atoms with van der Waals surface area (Å²) in [7, 11) is 1.51. The maximum absolute atomic E-state index is 12.3. The number of benzene rings is 1. The number of amides is 1. The molecule has 1 amide bonds. The summed E-state index contributed by atoms with van der Waals surface area (Å²) < 4.78 is 24.6. The molecule has 0 radical (unpaired) electrons. The quantitative estimate of drug-likeness (QED) is 0.790. The monoisotopic (exact) mass is 257 g/mol. The van der Waals surface area contributed by atoms with Crippen LogP contribution in [0.15, 0.2) is 18.2 Å². The van der Waals surface area contributed by atoms with Crippen LogP contribution in [0.1, 0.15) is 17.3 Å². The third kappa shape index (κ3) is 3.58. The van der Waals surface area contributed by atoms with E-state index < -0.39 is 13.0 Å². The van der Waals surface area contributed by atoms with Crippen LogP contribution in [0.3, 0.4) is 0 Å². The first kappa shape index (κ1) is 14.2. The van der Waals surface area contributed by atoms with E-state index in [1.807, 2.05) is 0 Å². The summed E-state index contributed by atoms with van der Waals surface area (Å²) in [6.45, 7) is 1.88. The van der Waals surface area contributed by atoms with Crippen LogP contribution in [0.2, 0.25) is 0 Å². The van der Waals surface area contributed by atoms with Gasteiger partial charge in [-0.25, -0.2) is 8.78 Å². The second kappa shape index (κ2) is 6.18. The van der Waals surface area contributed by atoms with Crippen LogP contribution in [0.4, 0.5) is 20.2 Å². The van der Waals surface area contributed by atoms with Crippen LogP contribution in [-0.4, -0.2) is 32.5 Å². The molecule has 18 heavy (non-hydrogen) atoms. The molecular weight excluding hydrogens is 240 g/mol. The van der Waals surface area contributed by atoms with E-state index in [4.69, 9.17) is 5.73 Å². The highest BCUT2D eigenvalue weighted by Gasteiger charge is 2.13. The van der Waals surface area contributed by atoms with Gasteiger partial charge in [0.15, 0.2) is 0 Å². The Bertz CT molecular complexity index is 424. The molecule has 4 nitrogen and oxygen atoms in total. The van der Waals surface area contributed by atoms with Crippen molar-refractivity contribution >= 4 is 17.3 Å². The Labute approximate surface area is 105 Å². The molecule has 0 aliphatic rings. The average molecular weight is 257 g/mol. The van der Waals surface area contributed by atoms with E-state index in [2.05, 4.69) is 5.32 Å². The predicted molar refractivity (Wildman–Crippen MR) is 68.1 cm³/mol. The lowest BCUT2D eigenvalue weighted by Crippen LogP contribution is -2.26. The minimum atomic E-state index is -2.46. The molecule has 0 unspecified atom stereocenters. The molecule has 0 aliphatic heterocycles. The van der Waals surface area contributed by atoms with E-state index in [-0.39, 0.29) is 5.91 Å². The summed E-state index contributed by atoms with van der Waals surface area (Å²) in [5.41, 5.74) is 6.92. The van der Waals surface area contributed by atoms with Gasteiger partial charge in [0.1, 0.15) is 0 Å². The van der Waals surface area contributed by atoms with Gasteiger partial charge >= 0.3 is 0 Å². The number of carbonyl (C=O) groups is 1. The van der Waals surface area contributed by atoms with Crippen molar-refractivity contribution < 1.29 is 13.6 Å². The number of hydrogen-bond acceptors (Lipinski definition) is 3. The molecule has 0 bridgehead atoms. The zero-order valence-corrected chi connectivity index (χ0v) is 10.4. The number of nitrogens with zero attached hydrogens (tertiary/aromatic N) is 1. The van der Waals surface area contributed by atoms with Crippen LogP contribution in [-0.2, 0) is 0 Å². The Kier molecular flexibility index (Phi) is 4.88. The smallest absolute Gasteiger partial charge is 0.255 e. The number of anilines is 2. The van der Waals surface area contributed by atoms with Crippen LogP contribution in [0, 0.1) is 0 Å². The number of rotatable bonds is 5. The van der Waals surface area contributed by atoms with Gasteiger partial charge in [0.2, 0.25) is 0 Å². The van der Waals surface area contributed by atoms with E-state index in [1.165, 1.54) is 18.0 Å². The molecule has 1 aromatic carbocycles. The number of carbonyl (C=O) groups excluding carboxylic acids is 1. The summed E-state index contributed by atoms with van der Waals surface area (Å²) in [6, 6.07) is 4.63. The van der Waals surface area contributed by atoms with E-state index in [1.54, 1.807) is 19.1 Å². The van der Waals surface area contributed by atoms with Crippen molar-refractivity contribution in [1.29, 1.82) is 0 Å². The van der Waals surface area contributed by atoms with Crippen molar-refractivity contribution in [1.82, 2.24) is 5.32 Å². The summed E-state index contributed by atoms with van der Waals surface area (Å²) in [4.78, 5) is 13.0. The van der Waals surface area contributed by atoms with Gasteiger partial charge < -0.3 is 16.0 Å². The first-order chi connectivity index (χ1) is 8.45. The SMILES string of the molecule is CCNC(=O)c1ccc(N)c(N(C)CC(F)F)c1. The first-order valence-corrected chi connectivity index (χ1v) is 5.62. The van der Waals surface area contributed by atoms with Crippen molar-refractivity contribution in [2.24, 2.45) is 0 Å². The van der Waals surface area contributed by atoms with Gasteiger partial charge in [-0.05, 0) is 25.1 Å². The number of halogens is 2. The lowest BCUT2D eigenvalue weighted by Gasteiger charge is -2.21. The minimum absolute atomic E-state index is 0.246. The summed E-state index contributed by atoms with van der Waals surface area (Å²) >= 11 is 0. The van der Waals surface area contributed by atoms with E-state index >= 15 is 0 Å². The normalized spacial score (nSPS) is 10.5. The Morgan fingerprint density at radius 3 is 2.72 bits per heavy atom. The number of alkyl halides is 2. The molecule has 6 heteroatoms. The second-order valence-corrected chi connectivity index (χ2v) is 3.90. The zero-order valence-electron chi connectivity index (χ0n) is 10.4. The topological polar surface area (TPSA) is 58.4 Å². The van der Waals surface area contributed by atoms with Gasteiger partial charge in [-0.1, -0.05) is 0 Å². The summed E-state index contributed by atoms with van der Waals surface area (Å²) in [6.07, 6.45) is -2.46. The number of hydrogen-bond donors (Lipinski definition) is 2. The molecular formula is C12H17F2N3O. The second-order valence-electron chi connectivity index (χ2n) is 3.90. The zero-order chi connectivity index (χ0) is 13.7. The Balaban J connectivity index is 2.97. The average Bonchev–Trinajstić information content (AvgIpc) is 2.28. The standard InChI is InChI=1S/C12H17F2N3O/c1-3-16-12(18)8-4-5-9(15)10(6-8)17(2)7-11(13)14/h4-6,11H,3,7,15H2,1-2H3,(H,16,18). The van der Waals surface area contributed by atoms with Crippen molar-refractivity contribution in [3.05, 3.63) is 23.8 Å². The van der Waals surface area contributed by atoms with E-state index in [0.717, 1.165) is 0 Å². The van der Waals surface area contributed by atoms with Gasteiger partial charge in [0.05, 0.1) is 17.9 Å². The highest BCUT2D eigenvalue weighted by atomic mass is 19.3. The molecule has 1 rings (SSSR count). The lowest BCUT2D eigenvalue weighted by molar-refractivity contribution is 0.0956. The first-order valence-electron chi connectivity index (χ1n) is 5.62. The molecule has 0 saturated carbocycles. The minimum Gasteiger partial charge on any atom is -0.397 e. The predicted octanol–water partition coefficient (Wildman–Crippen LogP) is 1.72. The maximum Gasteiger partial charge on any atom is 0.255 e. The fourth-order valence-electron chi connectivity index (χ4n) is 1.58. The highest BCUT2D eigenvalue weighted by molar-refractivity contribution is 5.96. The Hall–Kier alpha value is -1.85. The Morgan fingerprint density at radius 1 is 1.50 bits per heavy atom. The molecule has 0 aromatic heterocycles.